The molecule has 0 N–H and O–H groups in total. The molecule has 1 aliphatic rings. The van der Waals surface area contributed by atoms with Gasteiger partial charge >= 0.3 is 5.97 Å². The predicted octanol–water partition coefficient (Wildman–Crippen LogP) is 2.40. The molecule has 0 radical (unpaired) electrons. The summed E-state index contributed by atoms with van der Waals surface area (Å²) in [6.45, 7) is 2.70. The molecule has 29 heavy (non-hydrogen) atoms. The standard InChI is InChI=1S/C18H13N3O8/c1-9-8-11(6-7-13(9)20(25)26)29-18(24)10(2)19-16(22)12-4-3-5-14(21(27)28)15(12)17(19)23/h3-8,10H,1-2H3/t10-/m0/s1. The summed E-state index contributed by atoms with van der Waals surface area (Å²) in [5.41, 5.74) is -0.993. The molecule has 0 spiro atoms. The van der Waals surface area contributed by atoms with Crippen LogP contribution in [0.15, 0.2) is 36.4 Å². The molecular weight excluding hydrogens is 386 g/mol. The molecule has 1 aliphatic heterocycles. The highest BCUT2D eigenvalue weighted by atomic mass is 16.6. The molecule has 0 fully saturated rings. The van der Waals surface area contributed by atoms with Crippen molar-refractivity contribution >= 4 is 29.2 Å². The third-order valence-corrected chi connectivity index (χ3v) is 4.43. The lowest BCUT2D eigenvalue weighted by atomic mass is 10.1. The van der Waals surface area contributed by atoms with Crippen LogP contribution in [0.4, 0.5) is 11.4 Å². The van der Waals surface area contributed by atoms with E-state index in [1.165, 1.54) is 38.1 Å². The lowest BCUT2D eigenvalue weighted by Gasteiger charge is -2.20. The topological polar surface area (TPSA) is 150 Å². The zero-order valence-corrected chi connectivity index (χ0v) is 15.1. The largest absolute Gasteiger partial charge is 0.425 e. The Balaban J connectivity index is 1.85. The van der Waals surface area contributed by atoms with Crippen molar-refractivity contribution in [2.75, 3.05) is 0 Å². The van der Waals surface area contributed by atoms with E-state index >= 15 is 0 Å². The summed E-state index contributed by atoms with van der Waals surface area (Å²) < 4.78 is 5.14. The van der Waals surface area contributed by atoms with E-state index in [4.69, 9.17) is 4.74 Å². The molecule has 11 nitrogen and oxygen atoms in total. The van der Waals surface area contributed by atoms with Crippen LogP contribution < -0.4 is 4.74 Å². The number of fused-ring (bicyclic) bond motifs is 1. The van der Waals surface area contributed by atoms with E-state index in [2.05, 4.69) is 0 Å². The maximum absolute atomic E-state index is 12.6. The van der Waals surface area contributed by atoms with Crippen molar-refractivity contribution in [3.8, 4) is 5.75 Å². The van der Waals surface area contributed by atoms with Crippen molar-refractivity contribution in [1.82, 2.24) is 4.90 Å². The van der Waals surface area contributed by atoms with Crippen LogP contribution in [0.25, 0.3) is 0 Å². The maximum Gasteiger partial charge on any atom is 0.334 e. The number of ether oxygens (including phenoxy) is 1. The minimum absolute atomic E-state index is 0.00691. The number of hydrogen-bond donors (Lipinski definition) is 0. The second kappa shape index (κ2) is 7.11. The first kappa shape index (κ1) is 19.6. The fourth-order valence-electron chi connectivity index (χ4n) is 2.99. The third kappa shape index (κ3) is 3.29. The Hall–Kier alpha value is -4.15. The Morgan fingerprint density at radius 2 is 1.69 bits per heavy atom. The SMILES string of the molecule is Cc1cc(OC(=O)[C@H](C)N2C(=O)c3cccc([N+](=O)[O-])c3C2=O)ccc1[N+](=O)[O-]. The highest BCUT2D eigenvalue weighted by molar-refractivity contribution is 6.24. The van der Waals surface area contributed by atoms with Crippen molar-refractivity contribution in [2.24, 2.45) is 0 Å². The number of nitro groups is 2. The predicted molar refractivity (Wildman–Crippen MR) is 96.5 cm³/mol. The number of benzene rings is 2. The lowest BCUT2D eigenvalue weighted by molar-refractivity contribution is -0.385. The Morgan fingerprint density at radius 3 is 2.28 bits per heavy atom. The van der Waals surface area contributed by atoms with Crippen LogP contribution in [0.5, 0.6) is 5.75 Å². The molecule has 148 valence electrons. The number of rotatable bonds is 5. The van der Waals surface area contributed by atoms with Gasteiger partial charge in [-0.05, 0) is 32.0 Å². The van der Waals surface area contributed by atoms with Gasteiger partial charge in [0.05, 0.1) is 15.4 Å². The van der Waals surface area contributed by atoms with Gasteiger partial charge in [-0.25, -0.2) is 4.79 Å². The van der Waals surface area contributed by atoms with E-state index in [1.807, 2.05) is 0 Å². The second-order valence-corrected chi connectivity index (χ2v) is 6.24. The van der Waals surface area contributed by atoms with Crippen molar-refractivity contribution in [3.63, 3.8) is 0 Å². The average Bonchev–Trinajstić information content (AvgIpc) is 2.91. The normalized spacial score (nSPS) is 13.8. The molecule has 0 saturated heterocycles. The van der Waals surface area contributed by atoms with Crippen LogP contribution >= 0.6 is 0 Å². The van der Waals surface area contributed by atoms with Gasteiger partial charge in [0.1, 0.15) is 17.4 Å². The summed E-state index contributed by atoms with van der Waals surface area (Å²) >= 11 is 0. The van der Waals surface area contributed by atoms with Gasteiger partial charge in [0.2, 0.25) is 0 Å². The van der Waals surface area contributed by atoms with Crippen molar-refractivity contribution in [1.29, 1.82) is 0 Å². The van der Waals surface area contributed by atoms with E-state index in [9.17, 15) is 34.6 Å². The Kier molecular flexibility index (Phi) is 4.81. The van der Waals surface area contributed by atoms with Gasteiger partial charge in [-0.1, -0.05) is 6.07 Å². The fraction of sp³-hybridized carbons (Fsp3) is 0.167. The zero-order valence-electron chi connectivity index (χ0n) is 15.1. The van der Waals surface area contributed by atoms with Crippen LogP contribution in [0, 0.1) is 27.2 Å². The van der Waals surface area contributed by atoms with Crippen molar-refractivity contribution in [3.05, 3.63) is 73.3 Å². The molecule has 1 heterocycles. The summed E-state index contributed by atoms with van der Waals surface area (Å²) in [5.74, 6) is -2.80. The molecule has 1 atom stereocenters. The van der Waals surface area contributed by atoms with Crippen LogP contribution in [0.2, 0.25) is 0 Å². The highest BCUT2D eigenvalue weighted by Crippen LogP contribution is 2.32. The summed E-state index contributed by atoms with van der Waals surface area (Å²) in [5, 5.41) is 22.0. The molecule has 0 saturated carbocycles. The van der Waals surface area contributed by atoms with Gasteiger partial charge in [-0.2, -0.15) is 0 Å². The number of carbonyl (C=O) groups is 3. The number of esters is 1. The molecule has 0 unspecified atom stereocenters. The van der Waals surface area contributed by atoms with Crippen molar-refractivity contribution in [2.45, 2.75) is 19.9 Å². The third-order valence-electron chi connectivity index (χ3n) is 4.43. The summed E-state index contributed by atoms with van der Waals surface area (Å²) in [6.07, 6.45) is 0. The number of hydrogen-bond acceptors (Lipinski definition) is 8. The zero-order chi connectivity index (χ0) is 21.5. The molecule has 0 aromatic heterocycles. The first-order valence-electron chi connectivity index (χ1n) is 8.25. The lowest BCUT2D eigenvalue weighted by Crippen LogP contribution is -2.44. The van der Waals surface area contributed by atoms with E-state index in [0.717, 1.165) is 12.1 Å². The molecule has 2 amide bonds. The Bertz CT molecular complexity index is 1090. The average molecular weight is 399 g/mol. The van der Waals surface area contributed by atoms with Gasteiger partial charge in [0.15, 0.2) is 0 Å². The van der Waals surface area contributed by atoms with Crippen LogP contribution in [-0.2, 0) is 4.79 Å². The van der Waals surface area contributed by atoms with Gasteiger partial charge in [-0.3, -0.25) is 34.7 Å². The van der Waals surface area contributed by atoms with Crippen molar-refractivity contribution < 1.29 is 29.0 Å². The molecule has 2 aromatic rings. The molecule has 11 heteroatoms. The highest BCUT2D eigenvalue weighted by Gasteiger charge is 2.45. The van der Waals surface area contributed by atoms with Gasteiger partial charge in [0, 0.05) is 17.7 Å². The van der Waals surface area contributed by atoms with Crippen LogP contribution in [-0.4, -0.2) is 38.6 Å². The number of imide groups is 1. The molecule has 2 aromatic carbocycles. The van der Waals surface area contributed by atoms with Crippen LogP contribution in [0.3, 0.4) is 0 Å². The number of nitrogens with zero attached hydrogens (tertiary/aromatic N) is 3. The molecule has 0 bridgehead atoms. The smallest absolute Gasteiger partial charge is 0.334 e. The summed E-state index contributed by atoms with van der Waals surface area (Å²) in [4.78, 5) is 58.9. The van der Waals surface area contributed by atoms with Crippen LogP contribution in [0.1, 0.15) is 33.2 Å². The van der Waals surface area contributed by atoms with Gasteiger partial charge in [-0.15, -0.1) is 0 Å². The summed E-state index contributed by atoms with van der Waals surface area (Å²) in [7, 11) is 0. The first-order valence-corrected chi connectivity index (χ1v) is 8.25. The molecule has 0 aliphatic carbocycles. The summed E-state index contributed by atoms with van der Waals surface area (Å²) in [6, 6.07) is 5.90. The van der Waals surface area contributed by atoms with E-state index in [1.54, 1.807) is 0 Å². The fourth-order valence-corrected chi connectivity index (χ4v) is 2.99. The van der Waals surface area contributed by atoms with Gasteiger partial charge in [0.25, 0.3) is 23.2 Å². The Labute approximate surface area is 162 Å². The Morgan fingerprint density at radius 1 is 1.03 bits per heavy atom. The number of carbonyl (C=O) groups excluding carboxylic acids is 3. The number of nitro benzene ring substituents is 2. The van der Waals surface area contributed by atoms with E-state index in [-0.39, 0.29) is 28.1 Å². The van der Waals surface area contributed by atoms with E-state index in [0.29, 0.717) is 4.90 Å². The minimum Gasteiger partial charge on any atom is -0.425 e. The number of amides is 2. The minimum atomic E-state index is -1.38. The number of aryl methyl sites for hydroxylation is 1. The molecular formula is C18H13N3O8. The molecule has 3 rings (SSSR count). The maximum atomic E-state index is 12.6. The quantitative estimate of drug-likeness (QED) is 0.244. The first-order chi connectivity index (χ1) is 13.6. The van der Waals surface area contributed by atoms with Gasteiger partial charge < -0.3 is 4.74 Å². The van der Waals surface area contributed by atoms with E-state index < -0.39 is 39.4 Å². The second-order valence-electron chi connectivity index (χ2n) is 6.24. The monoisotopic (exact) mass is 399 g/mol.